The molecular weight excluding hydrogens is 336 g/mol. The van der Waals surface area contributed by atoms with Crippen molar-refractivity contribution in [1.29, 1.82) is 0 Å². The van der Waals surface area contributed by atoms with Gasteiger partial charge in [0.25, 0.3) is 5.91 Å². The van der Waals surface area contributed by atoms with Gasteiger partial charge in [0.05, 0.1) is 0 Å². The van der Waals surface area contributed by atoms with Crippen LogP contribution in [0.5, 0.6) is 0 Å². The summed E-state index contributed by atoms with van der Waals surface area (Å²) in [5.74, 6) is -0.625. The fourth-order valence-corrected chi connectivity index (χ4v) is 3.94. The van der Waals surface area contributed by atoms with E-state index < -0.39 is 0 Å². The molecule has 27 heavy (non-hydrogen) atoms. The molecule has 1 aliphatic rings. The first-order chi connectivity index (χ1) is 13.1. The minimum Gasteiger partial charge on any atom is -0.346 e. The minimum atomic E-state index is -0.384. The van der Waals surface area contributed by atoms with Crippen LogP contribution in [0.25, 0.3) is 0 Å². The summed E-state index contributed by atoms with van der Waals surface area (Å²) >= 11 is 0. The van der Waals surface area contributed by atoms with E-state index in [0.29, 0.717) is 6.42 Å². The number of unbranched alkanes of at least 4 members (excludes halogenated alkanes) is 11. The van der Waals surface area contributed by atoms with Crippen molar-refractivity contribution in [2.75, 3.05) is 19.6 Å². The summed E-state index contributed by atoms with van der Waals surface area (Å²) in [7, 11) is 0. The average Bonchev–Trinajstić information content (AvgIpc) is 3.15. The van der Waals surface area contributed by atoms with Gasteiger partial charge in [0, 0.05) is 19.0 Å². The maximum Gasteiger partial charge on any atom is 0.287 e. The normalized spacial score (nSPS) is 15.8. The van der Waals surface area contributed by atoms with E-state index in [1.807, 2.05) is 6.92 Å². The van der Waals surface area contributed by atoms with Gasteiger partial charge in [-0.1, -0.05) is 77.6 Å². The quantitative estimate of drug-likeness (QED) is 0.277. The lowest BCUT2D eigenvalue weighted by molar-refractivity contribution is -0.138. The molecule has 1 amide bonds. The van der Waals surface area contributed by atoms with Crippen molar-refractivity contribution >= 4 is 11.7 Å². The molecular formula is C23H44N2O2. The summed E-state index contributed by atoms with van der Waals surface area (Å²) in [6, 6.07) is 0.0570. The molecule has 1 N–H and O–H groups in total. The number of amides is 1. The van der Waals surface area contributed by atoms with Crippen LogP contribution in [0.2, 0.25) is 0 Å². The van der Waals surface area contributed by atoms with E-state index in [2.05, 4.69) is 17.1 Å². The van der Waals surface area contributed by atoms with Crippen molar-refractivity contribution in [3.05, 3.63) is 0 Å². The fourth-order valence-electron chi connectivity index (χ4n) is 3.94. The van der Waals surface area contributed by atoms with E-state index in [1.165, 1.54) is 77.0 Å². The van der Waals surface area contributed by atoms with E-state index in [9.17, 15) is 9.59 Å². The Morgan fingerprint density at radius 1 is 0.815 bits per heavy atom. The second-order valence-electron chi connectivity index (χ2n) is 8.44. The number of Topliss-reactive ketones (excluding diaryl/α,β-unsaturated/α-hetero) is 1. The fraction of sp³-hybridized carbons (Fsp3) is 0.913. The van der Waals surface area contributed by atoms with E-state index >= 15 is 0 Å². The predicted molar refractivity (Wildman–Crippen MR) is 114 cm³/mol. The molecule has 4 nitrogen and oxygen atoms in total. The van der Waals surface area contributed by atoms with Gasteiger partial charge in [-0.15, -0.1) is 0 Å². The Bertz CT molecular complexity index is 392. The lowest BCUT2D eigenvalue weighted by Gasteiger charge is -2.20. The van der Waals surface area contributed by atoms with Gasteiger partial charge in [0.15, 0.2) is 0 Å². The van der Waals surface area contributed by atoms with Crippen LogP contribution in [0.15, 0.2) is 0 Å². The maximum atomic E-state index is 12.0. The maximum absolute atomic E-state index is 12.0. The first-order valence-electron chi connectivity index (χ1n) is 11.7. The van der Waals surface area contributed by atoms with Crippen LogP contribution in [0, 0.1) is 0 Å². The Balaban J connectivity index is 1.90. The van der Waals surface area contributed by atoms with Gasteiger partial charge in [0.2, 0.25) is 5.78 Å². The highest BCUT2D eigenvalue weighted by molar-refractivity contribution is 6.36. The van der Waals surface area contributed by atoms with E-state index in [1.54, 1.807) is 0 Å². The third-order valence-corrected chi connectivity index (χ3v) is 5.62. The van der Waals surface area contributed by atoms with Gasteiger partial charge in [0.1, 0.15) is 0 Å². The summed E-state index contributed by atoms with van der Waals surface area (Å²) in [6.45, 7) is 7.35. The molecule has 0 aromatic rings. The molecule has 1 heterocycles. The zero-order valence-electron chi connectivity index (χ0n) is 18.1. The number of likely N-dealkylation sites (tertiary alicyclic amines) is 1. The second-order valence-corrected chi connectivity index (χ2v) is 8.44. The third kappa shape index (κ3) is 13.0. The molecule has 0 saturated carbocycles. The van der Waals surface area contributed by atoms with Gasteiger partial charge in [-0.3, -0.25) is 9.59 Å². The topological polar surface area (TPSA) is 49.4 Å². The zero-order chi connectivity index (χ0) is 19.7. The van der Waals surface area contributed by atoms with Gasteiger partial charge < -0.3 is 10.2 Å². The molecule has 158 valence electrons. The van der Waals surface area contributed by atoms with E-state index in [4.69, 9.17) is 0 Å². The van der Waals surface area contributed by atoms with Crippen LogP contribution in [0.3, 0.4) is 0 Å². The van der Waals surface area contributed by atoms with Gasteiger partial charge in [-0.05, 0) is 39.3 Å². The summed E-state index contributed by atoms with van der Waals surface area (Å²) in [6.07, 6.45) is 18.2. The van der Waals surface area contributed by atoms with Crippen LogP contribution in [0.1, 0.15) is 110 Å². The van der Waals surface area contributed by atoms with Gasteiger partial charge in [-0.25, -0.2) is 0 Å². The third-order valence-electron chi connectivity index (χ3n) is 5.62. The van der Waals surface area contributed by atoms with Gasteiger partial charge >= 0.3 is 0 Å². The molecule has 1 aliphatic heterocycles. The molecule has 0 radical (unpaired) electrons. The summed E-state index contributed by atoms with van der Waals surface area (Å²) in [5.41, 5.74) is 0. The van der Waals surface area contributed by atoms with Crippen molar-refractivity contribution in [3.63, 3.8) is 0 Å². The summed E-state index contributed by atoms with van der Waals surface area (Å²) < 4.78 is 0. The molecule has 1 atom stereocenters. The van der Waals surface area contributed by atoms with Crippen LogP contribution < -0.4 is 5.32 Å². The Labute approximate surface area is 167 Å². The molecule has 0 aromatic heterocycles. The molecule has 1 fully saturated rings. The smallest absolute Gasteiger partial charge is 0.287 e. The van der Waals surface area contributed by atoms with Crippen molar-refractivity contribution in [2.45, 2.75) is 116 Å². The monoisotopic (exact) mass is 380 g/mol. The molecule has 1 unspecified atom stereocenters. The number of rotatable bonds is 17. The Kier molecular flexibility index (Phi) is 14.4. The molecule has 1 saturated heterocycles. The predicted octanol–water partition coefficient (Wildman–Crippen LogP) is 5.25. The number of carbonyl (C=O) groups excluding carboxylic acids is 2. The van der Waals surface area contributed by atoms with Gasteiger partial charge in [-0.2, -0.15) is 0 Å². The van der Waals surface area contributed by atoms with Crippen LogP contribution in [-0.4, -0.2) is 42.3 Å². The Hall–Kier alpha value is -0.900. The highest BCUT2D eigenvalue weighted by Gasteiger charge is 2.19. The standard InChI is InChI=1S/C23H44N2O2/c1-3-4-5-6-7-8-9-10-11-12-13-14-17-22(26)23(27)24-21(2)20-25-18-15-16-19-25/h21H,3-20H2,1-2H3,(H,24,27). The molecule has 4 heteroatoms. The second kappa shape index (κ2) is 16.1. The van der Waals surface area contributed by atoms with Crippen molar-refractivity contribution in [1.82, 2.24) is 10.2 Å². The highest BCUT2D eigenvalue weighted by atomic mass is 16.2. The van der Waals surface area contributed by atoms with Crippen LogP contribution >= 0.6 is 0 Å². The van der Waals surface area contributed by atoms with Crippen molar-refractivity contribution < 1.29 is 9.59 Å². The first-order valence-corrected chi connectivity index (χ1v) is 11.7. The van der Waals surface area contributed by atoms with E-state index in [-0.39, 0.29) is 17.7 Å². The van der Waals surface area contributed by atoms with E-state index in [0.717, 1.165) is 32.5 Å². The molecule has 0 bridgehead atoms. The number of carbonyl (C=O) groups is 2. The first kappa shape index (κ1) is 24.1. The molecule has 1 rings (SSSR count). The number of hydrogen-bond donors (Lipinski definition) is 1. The molecule has 0 aliphatic carbocycles. The minimum absolute atomic E-state index is 0.0570. The Morgan fingerprint density at radius 3 is 1.81 bits per heavy atom. The number of ketones is 1. The zero-order valence-corrected chi connectivity index (χ0v) is 18.1. The number of nitrogens with zero attached hydrogens (tertiary/aromatic N) is 1. The average molecular weight is 381 g/mol. The molecule has 0 aromatic carbocycles. The van der Waals surface area contributed by atoms with Crippen molar-refractivity contribution in [3.8, 4) is 0 Å². The van der Waals surface area contributed by atoms with Crippen LogP contribution in [-0.2, 0) is 9.59 Å². The highest BCUT2D eigenvalue weighted by Crippen LogP contribution is 2.12. The van der Waals surface area contributed by atoms with Crippen molar-refractivity contribution in [2.24, 2.45) is 0 Å². The SMILES string of the molecule is CCCCCCCCCCCCCCC(=O)C(=O)NC(C)CN1CCCC1. The molecule has 0 spiro atoms. The van der Waals surface area contributed by atoms with Crippen LogP contribution in [0.4, 0.5) is 0 Å². The summed E-state index contributed by atoms with van der Waals surface area (Å²) in [4.78, 5) is 26.3. The largest absolute Gasteiger partial charge is 0.346 e. The summed E-state index contributed by atoms with van der Waals surface area (Å²) in [5, 5.41) is 2.87. The lowest BCUT2D eigenvalue weighted by atomic mass is 10.0. The number of nitrogens with one attached hydrogen (secondary N) is 1. The number of hydrogen-bond acceptors (Lipinski definition) is 3. The lowest BCUT2D eigenvalue weighted by Crippen LogP contribution is -2.43. The Morgan fingerprint density at radius 2 is 1.30 bits per heavy atom.